The highest BCUT2D eigenvalue weighted by atomic mass is 19.1. The molecule has 148 valence electrons. The molecule has 2 aliphatic rings. The molecule has 0 aromatic heterocycles. The van der Waals surface area contributed by atoms with Gasteiger partial charge in [0.05, 0.1) is 0 Å². The van der Waals surface area contributed by atoms with E-state index in [1.165, 1.54) is 56.4 Å². The van der Waals surface area contributed by atoms with Crippen molar-refractivity contribution in [3.05, 3.63) is 30.1 Å². The standard InChI is InChI=1S/C21H30FN3O2/c22-17-7-9-18(10-8-17)23-21(27)24-19-12-14-25(15-13-19)20(26)11-6-16-4-2-1-3-5-16/h7-10,16,19H,1-6,11-15H2,(H2,23,24,27). The van der Waals surface area contributed by atoms with Gasteiger partial charge in [0.2, 0.25) is 5.91 Å². The number of nitrogens with one attached hydrogen (secondary N) is 2. The van der Waals surface area contributed by atoms with Gasteiger partial charge in [-0.15, -0.1) is 0 Å². The Labute approximate surface area is 160 Å². The minimum atomic E-state index is -0.332. The topological polar surface area (TPSA) is 61.4 Å². The molecular weight excluding hydrogens is 345 g/mol. The van der Waals surface area contributed by atoms with Crippen molar-refractivity contribution in [1.82, 2.24) is 10.2 Å². The van der Waals surface area contributed by atoms with Crippen molar-refractivity contribution in [1.29, 1.82) is 0 Å². The molecule has 1 saturated carbocycles. The van der Waals surface area contributed by atoms with E-state index in [-0.39, 0.29) is 23.8 Å². The molecule has 2 N–H and O–H groups in total. The fourth-order valence-corrected chi connectivity index (χ4v) is 4.12. The zero-order valence-corrected chi connectivity index (χ0v) is 15.9. The number of rotatable bonds is 5. The monoisotopic (exact) mass is 375 g/mol. The Balaban J connectivity index is 1.34. The van der Waals surface area contributed by atoms with Gasteiger partial charge < -0.3 is 15.5 Å². The quantitative estimate of drug-likeness (QED) is 0.806. The molecule has 2 fully saturated rings. The van der Waals surface area contributed by atoms with Crippen molar-refractivity contribution in [3.8, 4) is 0 Å². The normalized spacial score (nSPS) is 18.9. The first-order chi connectivity index (χ1) is 13.1. The van der Waals surface area contributed by atoms with Crippen LogP contribution in [0.1, 0.15) is 57.8 Å². The van der Waals surface area contributed by atoms with E-state index in [9.17, 15) is 14.0 Å². The lowest BCUT2D eigenvalue weighted by Crippen LogP contribution is -2.47. The average Bonchev–Trinajstić information content (AvgIpc) is 2.69. The Hall–Kier alpha value is -2.11. The Morgan fingerprint density at radius 3 is 2.33 bits per heavy atom. The summed E-state index contributed by atoms with van der Waals surface area (Å²) in [5, 5.41) is 5.65. The van der Waals surface area contributed by atoms with E-state index in [0.29, 0.717) is 25.2 Å². The number of anilines is 1. The maximum Gasteiger partial charge on any atom is 0.319 e. The summed E-state index contributed by atoms with van der Waals surface area (Å²) in [7, 11) is 0. The van der Waals surface area contributed by atoms with E-state index in [1.807, 2.05) is 4.90 Å². The van der Waals surface area contributed by atoms with Crippen molar-refractivity contribution in [2.75, 3.05) is 18.4 Å². The third-order valence-corrected chi connectivity index (χ3v) is 5.78. The molecule has 1 heterocycles. The highest BCUT2D eigenvalue weighted by molar-refractivity contribution is 5.89. The van der Waals surface area contributed by atoms with Gasteiger partial charge in [-0.3, -0.25) is 4.79 Å². The van der Waals surface area contributed by atoms with Gasteiger partial charge in [0, 0.05) is 31.2 Å². The lowest BCUT2D eigenvalue weighted by atomic mass is 9.86. The fourth-order valence-electron chi connectivity index (χ4n) is 4.12. The molecule has 1 aliphatic heterocycles. The molecule has 1 aromatic rings. The zero-order valence-electron chi connectivity index (χ0n) is 15.9. The van der Waals surface area contributed by atoms with Gasteiger partial charge in [0.25, 0.3) is 0 Å². The van der Waals surface area contributed by atoms with Crippen LogP contribution in [0.5, 0.6) is 0 Å². The van der Waals surface area contributed by atoms with Crippen LogP contribution in [0.4, 0.5) is 14.9 Å². The van der Waals surface area contributed by atoms with Crippen LogP contribution < -0.4 is 10.6 Å². The predicted molar refractivity (Wildman–Crippen MR) is 104 cm³/mol. The summed E-state index contributed by atoms with van der Waals surface area (Å²) < 4.78 is 12.9. The van der Waals surface area contributed by atoms with Crippen molar-refractivity contribution >= 4 is 17.6 Å². The third kappa shape index (κ3) is 6.22. The number of urea groups is 1. The fraction of sp³-hybridized carbons (Fsp3) is 0.619. The molecule has 0 radical (unpaired) electrons. The van der Waals surface area contributed by atoms with Crippen LogP contribution in [0.3, 0.4) is 0 Å². The summed E-state index contributed by atoms with van der Waals surface area (Å²) in [6, 6.07) is 5.46. The number of amides is 3. The number of carbonyl (C=O) groups excluding carboxylic acids is 2. The second kappa shape index (κ2) is 9.72. The average molecular weight is 375 g/mol. The number of hydrogen-bond donors (Lipinski definition) is 2. The lowest BCUT2D eigenvalue weighted by molar-refractivity contribution is -0.132. The van der Waals surface area contributed by atoms with Crippen LogP contribution in [0.25, 0.3) is 0 Å². The Morgan fingerprint density at radius 1 is 1.00 bits per heavy atom. The van der Waals surface area contributed by atoms with E-state index in [0.717, 1.165) is 25.2 Å². The number of nitrogens with zero attached hydrogens (tertiary/aromatic N) is 1. The van der Waals surface area contributed by atoms with Gasteiger partial charge in [0.15, 0.2) is 0 Å². The van der Waals surface area contributed by atoms with Crippen LogP contribution in [0.15, 0.2) is 24.3 Å². The molecule has 6 heteroatoms. The SMILES string of the molecule is O=C(Nc1ccc(F)cc1)NC1CCN(C(=O)CCC2CCCCC2)CC1. The Bertz CT molecular complexity index is 621. The van der Waals surface area contributed by atoms with Crippen molar-refractivity contribution < 1.29 is 14.0 Å². The van der Waals surface area contributed by atoms with E-state index in [4.69, 9.17) is 0 Å². The number of hydrogen-bond acceptors (Lipinski definition) is 2. The summed E-state index contributed by atoms with van der Waals surface area (Å²) in [4.78, 5) is 26.4. The molecule has 1 aliphatic carbocycles. The Morgan fingerprint density at radius 2 is 1.67 bits per heavy atom. The van der Waals surface area contributed by atoms with Gasteiger partial charge in [-0.1, -0.05) is 32.1 Å². The van der Waals surface area contributed by atoms with E-state index < -0.39 is 0 Å². The first-order valence-corrected chi connectivity index (χ1v) is 10.2. The first kappa shape index (κ1) is 19.6. The maximum absolute atomic E-state index is 12.9. The zero-order chi connectivity index (χ0) is 19.1. The van der Waals surface area contributed by atoms with Gasteiger partial charge in [-0.2, -0.15) is 0 Å². The third-order valence-electron chi connectivity index (χ3n) is 5.78. The molecule has 3 amide bonds. The first-order valence-electron chi connectivity index (χ1n) is 10.2. The van der Waals surface area contributed by atoms with E-state index in [1.54, 1.807) is 0 Å². The van der Waals surface area contributed by atoms with Crippen LogP contribution in [0.2, 0.25) is 0 Å². The summed E-state index contributed by atoms with van der Waals surface area (Å²) in [6.45, 7) is 1.40. The van der Waals surface area contributed by atoms with Crippen LogP contribution in [0, 0.1) is 11.7 Å². The number of likely N-dealkylation sites (tertiary alicyclic amines) is 1. The summed E-state index contributed by atoms with van der Waals surface area (Å²) >= 11 is 0. The number of carbonyl (C=O) groups is 2. The molecule has 3 rings (SSSR count). The highest BCUT2D eigenvalue weighted by Gasteiger charge is 2.24. The summed E-state index contributed by atoms with van der Waals surface area (Å²) in [5.41, 5.74) is 0.559. The minimum absolute atomic E-state index is 0.0628. The summed E-state index contributed by atoms with van der Waals surface area (Å²) in [5.74, 6) is 0.660. The molecule has 0 spiro atoms. The lowest BCUT2D eigenvalue weighted by Gasteiger charge is -2.33. The second-order valence-electron chi connectivity index (χ2n) is 7.80. The molecule has 0 atom stereocenters. The van der Waals surface area contributed by atoms with Crippen LogP contribution in [-0.2, 0) is 4.79 Å². The number of halogens is 1. The van der Waals surface area contributed by atoms with Crippen LogP contribution >= 0.6 is 0 Å². The van der Waals surface area contributed by atoms with Gasteiger partial charge in [0.1, 0.15) is 5.82 Å². The predicted octanol–water partition coefficient (Wildman–Crippen LogP) is 4.30. The van der Waals surface area contributed by atoms with Crippen molar-refractivity contribution in [3.63, 3.8) is 0 Å². The maximum atomic E-state index is 12.9. The number of benzene rings is 1. The largest absolute Gasteiger partial charge is 0.343 e. The van der Waals surface area contributed by atoms with Crippen molar-refractivity contribution in [2.24, 2.45) is 5.92 Å². The smallest absolute Gasteiger partial charge is 0.319 e. The molecule has 27 heavy (non-hydrogen) atoms. The van der Waals surface area contributed by atoms with Gasteiger partial charge in [-0.25, -0.2) is 9.18 Å². The molecule has 0 bridgehead atoms. The molecule has 1 aromatic carbocycles. The van der Waals surface area contributed by atoms with Gasteiger partial charge >= 0.3 is 6.03 Å². The highest BCUT2D eigenvalue weighted by Crippen LogP contribution is 2.27. The van der Waals surface area contributed by atoms with E-state index in [2.05, 4.69) is 10.6 Å². The molecule has 1 saturated heterocycles. The molecule has 5 nitrogen and oxygen atoms in total. The van der Waals surface area contributed by atoms with E-state index >= 15 is 0 Å². The van der Waals surface area contributed by atoms with Gasteiger partial charge in [-0.05, 0) is 49.4 Å². The molecule has 0 unspecified atom stereocenters. The number of piperidine rings is 1. The minimum Gasteiger partial charge on any atom is -0.343 e. The Kier molecular flexibility index (Phi) is 7.07. The summed E-state index contributed by atoms with van der Waals surface area (Å²) in [6.07, 6.45) is 9.76. The van der Waals surface area contributed by atoms with Crippen LogP contribution in [-0.4, -0.2) is 36.0 Å². The van der Waals surface area contributed by atoms with Crippen molar-refractivity contribution in [2.45, 2.75) is 63.8 Å². The molecular formula is C21H30FN3O2. The second-order valence-corrected chi connectivity index (χ2v) is 7.80.